The van der Waals surface area contributed by atoms with Crippen LogP contribution in [0.4, 0.5) is 10.1 Å². The van der Waals surface area contributed by atoms with E-state index in [1.165, 1.54) is 22.6 Å². The highest BCUT2D eigenvalue weighted by Gasteiger charge is 2.23. The number of rotatable bonds is 5. The molecule has 0 saturated carbocycles. The van der Waals surface area contributed by atoms with Gasteiger partial charge in [-0.3, -0.25) is 4.79 Å². The van der Waals surface area contributed by atoms with Crippen LogP contribution in [-0.2, 0) is 5.75 Å². The van der Waals surface area contributed by atoms with Crippen LogP contribution in [0.25, 0.3) is 10.9 Å². The normalized spacial score (nSPS) is 14.2. The summed E-state index contributed by atoms with van der Waals surface area (Å²) in [6.07, 6.45) is 0. The minimum absolute atomic E-state index is 0.0263. The van der Waals surface area contributed by atoms with E-state index in [0.717, 1.165) is 35.4 Å². The Morgan fingerprint density at radius 3 is 2.41 bits per heavy atom. The van der Waals surface area contributed by atoms with E-state index in [4.69, 9.17) is 0 Å². The molecule has 4 nitrogen and oxygen atoms in total. The van der Waals surface area contributed by atoms with Crippen molar-refractivity contribution >= 4 is 34.3 Å². The number of fused-ring (bicyclic) bond motifs is 1. The number of nitrogens with zero attached hydrogens (tertiary/aromatic N) is 2. The maximum absolute atomic E-state index is 13.2. The third-order valence-electron chi connectivity index (χ3n) is 5.83. The number of benzene rings is 3. The van der Waals surface area contributed by atoms with E-state index in [1.807, 2.05) is 23.1 Å². The number of aromatic nitrogens is 1. The first-order valence-electron chi connectivity index (χ1n) is 10.7. The number of amides is 1. The number of anilines is 1. The summed E-state index contributed by atoms with van der Waals surface area (Å²) in [4.78, 5) is 21.6. The quantitative estimate of drug-likeness (QED) is 0.409. The van der Waals surface area contributed by atoms with Gasteiger partial charge in [0.1, 0.15) is 11.5 Å². The zero-order chi connectivity index (χ0) is 21.9. The molecule has 3 aromatic carbocycles. The van der Waals surface area contributed by atoms with E-state index in [1.54, 1.807) is 23.9 Å². The zero-order valence-corrected chi connectivity index (χ0v) is 18.4. The topological polar surface area (TPSA) is 39.3 Å². The van der Waals surface area contributed by atoms with Gasteiger partial charge in [-0.2, -0.15) is 0 Å². The number of hydrogen-bond donors (Lipinski definition) is 1. The Morgan fingerprint density at radius 1 is 0.906 bits per heavy atom. The molecule has 0 unspecified atom stereocenters. The molecule has 1 aliphatic rings. The molecule has 6 heteroatoms. The van der Waals surface area contributed by atoms with Crippen molar-refractivity contribution in [2.75, 3.05) is 31.1 Å². The molecular weight excluding hydrogens is 421 g/mol. The summed E-state index contributed by atoms with van der Waals surface area (Å²) in [5.74, 6) is 0.711. The van der Waals surface area contributed by atoms with Crippen molar-refractivity contribution in [2.45, 2.75) is 10.6 Å². The Morgan fingerprint density at radius 2 is 1.66 bits per heavy atom. The van der Waals surface area contributed by atoms with E-state index in [9.17, 15) is 9.18 Å². The lowest BCUT2D eigenvalue weighted by atomic mass is 10.2. The molecule has 32 heavy (non-hydrogen) atoms. The lowest BCUT2D eigenvalue weighted by Gasteiger charge is -2.36. The number of hydrogen-bond acceptors (Lipinski definition) is 3. The van der Waals surface area contributed by atoms with E-state index < -0.39 is 0 Å². The lowest BCUT2D eigenvalue weighted by molar-refractivity contribution is 0.0742. The Labute approximate surface area is 191 Å². The predicted molar refractivity (Wildman–Crippen MR) is 129 cm³/mol. The molecule has 0 radical (unpaired) electrons. The van der Waals surface area contributed by atoms with Crippen molar-refractivity contribution in [3.8, 4) is 0 Å². The van der Waals surface area contributed by atoms with Gasteiger partial charge in [-0.1, -0.05) is 30.3 Å². The fourth-order valence-corrected chi connectivity index (χ4v) is 4.95. The molecule has 1 N–H and O–H groups in total. The molecule has 0 aliphatic carbocycles. The molecule has 2 heterocycles. The number of carbonyl (C=O) groups is 1. The number of carbonyl (C=O) groups excluding carboxylic acids is 1. The van der Waals surface area contributed by atoms with Crippen molar-refractivity contribution in [3.05, 3.63) is 95.9 Å². The first-order valence-corrected chi connectivity index (χ1v) is 11.7. The number of nitrogens with one attached hydrogen (secondary N) is 1. The Kier molecular flexibility index (Phi) is 5.86. The van der Waals surface area contributed by atoms with E-state index in [-0.39, 0.29) is 11.7 Å². The van der Waals surface area contributed by atoms with Crippen LogP contribution in [0.5, 0.6) is 0 Å². The second kappa shape index (κ2) is 9.09. The summed E-state index contributed by atoms with van der Waals surface area (Å²) < 4.78 is 13.2. The molecule has 0 atom stereocenters. The minimum atomic E-state index is -0.233. The molecule has 0 bridgehead atoms. The standard InChI is InChI=1S/C26H24FN3OS/c27-21-6-8-22(9-7-21)29-12-14-30(15-13-29)26(31)25-17-20-16-23(10-11-24(20)28-25)32-18-19-4-2-1-3-5-19/h1-11,16-17,28H,12-15,18H2. The van der Waals surface area contributed by atoms with Gasteiger partial charge in [0.25, 0.3) is 5.91 Å². The van der Waals surface area contributed by atoms with Crippen LogP contribution in [-0.4, -0.2) is 42.0 Å². The first kappa shape index (κ1) is 20.6. The largest absolute Gasteiger partial charge is 0.368 e. The summed E-state index contributed by atoms with van der Waals surface area (Å²) in [5.41, 5.74) is 3.88. The molecule has 5 rings (SSSR count). The summed E-state index contributed by atoms with van der Waals surface area (Å²) in [6, 6.07) is 25.2. The van der Waals surface area contributed by atoms with Gasteiger partial charge in [-0.25, -0.2) is 4.39 Å². The average molecular weight is 446 g/mol. The van der Waals surface area contributed by atoms with E-state index in [2.05, 4.69) is 46.3 Å². The van der Waals surface area contributed by atoms with Gasteiger partial charge >= 0.3 is 0 Å². The van der Waals surface area contributed by atoms with Gasteiger partial charge in [0.2, 0.25) is 0 Å². The van der Waals surface area contributed by atoms with Gasteiger partial charge in [0.15, 0.2) is 0 Å². The third-order valence-corrected chi connectivity index (χ3v) is 6.89. The Hall–Kier alpha value is -3.25. The number of aromatic amines is 1. The van der Waals surface area contributed by atoms with Crippen LogP contribution < -0.4 is 4.90 Å². The van der Waals surface area contributed by atoms with Gasteiger partial charge in [-0.15, -0.1) is 11.8 Å². The monoisotopic (exact) mass is 445 g/mol. The highest BCUT2D eigenvalue weighted by Crippen LogP contribution is 2.27. The molecule has 1 amide bonds. The van der Waals surface area contributed by atoms with Crippen LogP contribution in [0.1, 0.15) is 16.1 Å². The van der Waals surface area contributed by atoms with Crippen LogP contribution in [0, 0.1) is 5.82 Å². The average Bonchev–Trinajstić information content (AvgIpc) is 3.27. The van der Waals surface area contributed by atoms with E-state index >= 15 is 0 Å². The highest BCUT2D eigenvalue weighted by molar-refractivity contribution is 7.98. The molecule has 1 aliphatic heterocycles. The zero-order valence-electron chi connectivity index (χ0n) is 17.6. The molecule has 1 aromatic heterocycles. The van der Waals surface area contributed by atoms with Crippen molar-refractivity contribution in [3.63, 3.8) is 0 Å². The minimum Gasteiger partial charge on any atom is -0.368 e. The fourth-order valence-electron chi connectivity index (χ4n) is 4.05. The second-order valence-corrected chi connectivity index (χ2v) is 9.01. The van der Waals surface area contributed by atoms with Crippen molar-refractivity contribution in [1.29, 1.82) is 0 Å². The van der Waals surface area contributed by atoms with Crippen molar-refractivity contribution in [1.82, 2.24) is 9.88 Å². The summed E-state index contributed by atoms with van der Waals surface area (Å²) in [5, 5.41) is 1.05. The van der Waals surface area contributed by atoms with Crippen molar-refractivity contribution in [2.24, 2.45) is 0 Å². The third kappa shape index (κ3) is 4.50. The van der Waals surface area contributed by atoms with Crippen LogP contribution in [0.3, 0.4) is 0 Å². The molecule has 0 spiro atoms. The highest BCUT2D eigenvalue weighted by atomic mass is 32.2. The van der Waals surface area contributed by atoms with Crippen molar-refractivity contribution < 1.29 is 9.18 Å². The molecule has 1 saturated heterocycles. The second-order valence-electron chi connectivity index (χ2n) is 7.96. The SMILES string of the molecule is O=C(c1cc2cc(SCc3ccccc3)ccc2[nH]1)N1CCN(c2ccc(F)cc2)CC1. The first-order chi connectivity index (χ1) is 15.7. The van der Waals surface area contributed by atoms with E-state index in [0.29, 0.717) is 18.8 Å². The molecule has 1 fully saturated rings. The number of thioether (sulfide) groups is 1. The van der Waals surface area contributed by atoms with Gasteiger partial charge in [0, 0.05) is 53.4 Å². The van der Waals surface area contributed by atoms with Gasteiger partial charge < -0.3 is 14.8 Å². The molecular formula is C26H24FN3OS. The maximum atomic E-state index is 13.2. The number of halogens is 1. The van der Waals surface area contributed by atoms with Gasteiger partial charge in [0.05, 0.1) is 0 Å². The smallest absolute Gasteiger partial charge is 0.270 e. The van der Waals surface area contributed by atoms with Crippen LogP contribution in [0.15, 0.2) is 83.8 Å². The van der Waals surface area contributed by atoms with Crippen LogP contribution in [0.2, 0.25) is 0 Å². The Balaban J connectivity index is 1.23. The summed E-state index contributed by atoms with van der Waals surface area (Å²) in [6.45, 7) is 2.75. The Bertz CT molecular complexity index is 1220. The number of H-pyrrole nitrogens is 1. The van der Waals surface area contributed by atoms with Gasteiger partial charge in [-0.05, 0) is 54.1 Å². The summed E-state index contributed by atoms with van der Waals surface area (Å²) in [7, 11) is 0. The fraction of sp³-hybridized carbons (Fsp3) is 0.192. The molecule has 4 aromatic rings. The lowest BCUT2D eigenvalue weighted by Crippen LogP contribution is -2.48. The maximum Gasteiger partial charge on any atom is 0.270 e. The summed E-state index contributed by atoms with van der Waals surface area (Å²) >= 11 is 1.79. The number of piperazine rings is 1. The molecule has 162 valence electrons. The van der Waals surface area contributed by atoms with Crippen LogP contribution >= 0.6 is 11.8 Å². The predicted octanol–water partition coefficient (Wildman–Crippen LogP) is 5.56.